The van der Waals surface area contributed by atoms with E-state index in [1.807, 2.05) is 0 Å². The zero-order valence-electron chi connectivity index (χ0n) is 38.9. The van der Waals surface area contributed by atoms with Gasteiger partial charge in [0.1, 0.15) is 36.7 Å². The van der Waals surface area contributed by atoms with Gasteiger partial charge in [0, 0.05) is 35.2 Å². The molecule has 5 amide bonds. The average molecular weight is 926 g/mol. The number of halogens is 1. The number of amides is 5. The number of pyridine rings is 2. The van der Waals surface area contributed by atoms with E-state index in [2.05, 4.69) is 26.6 Å². The molecule has 19 heteroatoms. The van der Waals surface area contributed by atoms with Crippen LogP contribution >= 0.6 is 0 Å². The second-order valence-electron chi connectivity index (χ2n) is 18.6. The number of hydrogen-bond donors (Lipinski definition) is 6. The third-order valence-corrected chi connectivity index (χ3v) is 12.4. The average Bonchev–Trinajstić information content (AvgIpc) is 3.63. The number of benzene rings is 2. The van der Waals surface area contributed by atoms with Gasteiger partial charge in [-0.15, -0.1) is 0 Å². The minimum absolute atomic E-state index is 0.0414. The van der Waals surface area contributed by atoms with Crippen molar-refractivity contribution in [2.75, 3.05) is 11.9 Å². The van der Waals surface area contributed by atoms with Crippen molar-refractivity contribution in [2.24, 2.45) is 5.92 Å². The third kappa shape index (κ3) is 9.55. The van der Waals surface area contributed by atoms with Crippen LogP contribution in [0.2, 0.25) is 0 Å². The number of esters is 1. The van der Waals surface area contributed by atoms with Gasteiger partial charge in [0.15, 0.2) is 5.60 Å². The van der Waals surface area contributed by atoms with E-state index in [9.17, 15) is 38.7 Å². The number of carbonyl (C=O) groups excluding carboxylic acids is 6. The van der Waals surface area contributed by atoms with E-state index >= 15 is 4.39 Å². The molecule has 0 fully saturated rings. The van der Waals surface area contributed by atoms with Gasteiger partial charge in [0.05, 0.1) is 41.1 Å². The van der Waals surface area contributed by atoms with Gasteiger partial charge in [-0.05, 0) is 100 Å². The topological polar surface area (TPSA) is 245 Å². The van der Waals surface area contributed by atoms with Crippen LogP contribution in [0, 0.1) is 18.7 Å². The van der Waals surface area contributed by atoms with Gasteiger partial charge in [0.2, 0.25) is 17.7 Å². The second kappa shape index (κ2) is 18.4. The summed E-state index contributed by atoms with van der Waals surface area (Å²) < 4.78 is 33.5. The molecule has 7 rings (SSSR count). The van der Waals surface area contributed by atoms with Gasteiger partial charge in [-0.2, -0.15) is 0 Å². The van der Waals surface area contributed by atoms with Crippen LogP contribution < -0.4 is 32.1 Å². The van der Waals surface area contributed by atoms with E-state index in [0.29, 0.717) is 63.1 Å². The van der Waals surface area contributed by atoms with Gasteiger partial charge in [-0.1, -0.05) is 32.9 Å². The van der Waals surface area contributed by atoms with Crippen molar-refractivity contribution in [2.45, 2.75) is 130 Å². The highest BCUT2D eigenvalue weighted by Crippen LogP contribution is 2.46. The molecule has 67 heavy (non-hydrogen) atoms. The Hall–Kier alpha value is -6.89. The number of aliphatic hydroxyl groups is 1. The Morgan fingerprint density at radius 2 is 1.69 bits per heavy atom. The Morgan fingerprint density at radius 1 is 0.985 bits per heavy atom. The molecule has 356 valence electrons. The first-order valence-corrected chi connectivity index (χ1v) is 22.2. The van der Waals surface area contributed by atoms with Crippen molar-refractivity contribution < 1.29 is 52.5 Å². The standard InChI is InChI=1S/C48H56FN7O11/c1-10-48(64)31-17-36-40-29(19-56(36)43(60)30(31)20-65-44(48)61)38-33(16-15-28-23(4)32(49)18-34(53-40)37(28)38)54-45(62)66-21-35(55-46(63)67-47(7,8)9)26-11-13-27(14-12-26)52-41(58)24(5)50-42(59)39(22(2)3)51-25(6)57/h11-14,17-18,22,24,33,35,39,64H,10,15-16,19-21H2,1-9H3,(H,50,59)(H,51,57)(H,52,58)(H,54,62)(H,55,63)/t24-,33+,35?,39-,48+/m0/s1. The van der Waals surface area contributed by atoms with Crippen LogP contribution in [-0.2, 0) is 58.6 Å². The lowest BCUT2D eigenvalue weighted by molar-refractivity contribution is -0.172. The maximum absolute atomic E-state index is 15.5. The molecule has 1 unspecified atom stereocenters. The van der Waals surface area contributed by atoms with E-state index in [1.165, 1.54) is 24.5 Å². The molecule has 0 saturated carbocycles. The molecule has 4 aromatic rings. The fourth-order valence-electron chi connectivity index (χ4n) is 8.88. The number of ether oxygens (including phenoxy) is 3. The van der Waals surface area contributed by atoms with Crippen molar-refractivity contribution in [3.63, 3.8) is 0 Å². The number of carbonyl (C=O) groups is 6. The minimum atomic E-state index is -2.05. The molecule has 4 heterocycles. The Bertz CT molecular complexity index is 2770. The molecule has 2 aromatic carbocycles. The van der Waals surface area contributed by atoms with Gasteiger partial charge >= 0.3 is 18.2 Å². The van der Waals surface area contributed by atoms with E-state index in [0.717, 1.165) is 5.56 Å². The Labute approximate surface area is 385 Å². The van der Waals surface area contributed by atoms with E-state index in [1.54, 1.807) is 78.8 Å². The fourth-order valence-corrected chi connectivity index (χ4v) is 8.88. The van der Waals surface area contributed by atoms with Crippen LogP contribution in [0.25, 0.3) is 22.3 Å². The number of hydrogen-bond acceptors (Lipinski definition) is 12. The summed E-state index contributed by atoms with van der Waals surface area (Å²) in [5, 5.41) is 25.7. The molecule has 6 N–H and O–H groups in total. The van der Waals surface area contributed by atoms with Crippen molar-refractivity contribution in [1.82, 2.24) is 30.8 Å². The van der Waals surface area contributed by atoms with E-state index < -0.39 is 76.7 Å². The summed E-state index contributed by atoms with van der Waals surface area (Å²) in [4.78, 5) is 96.2. The normalized spacial score (nSPS) is 18.3. The van der Waals surface area contributed by atoms with Gasteiger partial charge in [-0.25, -0.2) is 23.8 Å². The van der Waals surface area contributed by atoms with Crippen LogP contribution in [0.15, 0.2) is 41.2 Å². The van der Waals surface area contributed by atoms with Crippen molar-refractivity contribution >= 4 is 52.5 Å². The molecule has 0 saturated heterocycles. The maximum atomic E-state index is 15.5. The smallest absolute Gasteiger partial charge is 0.408 e. The summed E-state index contributed by atoms with van der Waals surface area (Å²) in [5.74, 6) is -2.97. The van der Waals surface area contributed by atoms with Crippen LogP contribution in [0.3, 0.4) is 0 Å². The van der Waals surface area contributed by atoms with E-state index in [-0.39, 0.29) is 49.1 Å². The molecule has 0 spiro atoms. The van der Waals surface area contributed by atoms with Crippen LogP contribution in [-0.4, -0.2) is 74.8 Å². The number of anilines is 1. The molecule has 2 aromatic heterocycles. The van der Waals surface area contributed by atoms with Crippen molar-refractivity contribution in [3.05, 3.63) is 91.5 Å². The van der Waals surface area contributed by atoms with Crippen LogP contribution in [0.4, 0.5) is 19.7 Å². The minimum Gasteiger partial charge on any atom is -0.458 e. The summed E-state index contributed by atoms with van der Waals surface area (Å²) in [6, 6.07) is 5.84. The lowest BCUT2D eigenvalue weighted by Crippen LogP contribution is -2.53. The SMILES string of the molecule is CC[C@]1(O)C(=O)OCc2c1cc1n(c2=O)Cc2c-1nc1cc(F)c(C)c3c1c2[C@H](NC(=O)OCC(NC(=O)OC(C)(C)C)c1ccc(NC(=O)[C@H](C)NC(=O)[C@@H](NC(C)=O)C(C)C)cc1)CC3. The number of cyclic esters (lactones) is 1. The number of aromatic nitrogens is 2. The van der Waals surface area contributed by atoms with Gasteiger partial charge in [0.25, 0.3) is 5.56 Å². The first kappa shape index (κ1) is 48.1. The zero-order valence-corrected chi connectivity index (χ0v) is 38.9. The van der Waals surface area contributed by atoms with Gasteiger partial charge < -0.3 is 50.5 Å². The lowest BCUT2D eigenvalue weighted by atomic mass is 9.81. The van der Waals surface area contributed by atoms with Crippen LogP contribution in [0.1, 0.15) is 119 Å². The van der Waals surface area contributed by atoms with E-state index in [4.69, 9.17) is 19.2 Å². The summed E-state index contributed by atoms with van der Waals surface area (Å²) >= 11 is 0. The number of rotatable bonds is 12. The Kier molecular flexibility index (Phi) is 13.2. The highest BCUT2D eigenvalue weighted by atomic mass is 19.1. The molecule has 3 aliphatic rings. The second-order valence-corrected chi connectivity index (χ2v) is 18.6. The molecule has 2 aliphatic heterocycles. The Balaban J connectivity index is 1.12. The maximum Gasteiger partial charge on any atom is 0.408 e. The molecule has 5 atom stereocenters. The molecule has 1 aliphatic carbocycles. The zero-order chi connectivity index (χ0) is 48.9. The molecule has 18 nitrogen and oxygen atoms in total. The van der Waals surface area contributed by atoms with Crippen molar-refractivity contribution in [1.29, 1.82) is 0 Å². The number of nitrogens with one attached hydrogen (secondary N) is 5. The number of nitrogens with zero attached hydrogens (tertiary/aromatic N) is 2. The fraction of sp³-hybridized carbons (Fsp3) is 0.458. The molecule has 0 bridgehead atoms. The lowest BCUT2D eigenvalue weighted by Gasteiger charge is -2.31. The predicted octanol–water partition coefficient (Wildman–Crippen LogP) is 5.11. The predicted molar refractivity (Wildman–Crippen MR) is 242 cm³/mol. The highest BCUT2D eigenvalue weighted by molar-refractivity contribution is 5.98. The number of fused-ring (bicyclic) bond motifs is 5. The molecule has 0 radical (unpaired) electrons. The number of aryl methyl sites for hydroxylation is 1. The summed E-state index contributed by atoms with van der Waals surface area (Å²) in [7, 11) is 0. The Morgan fingerprint density at radius 3 is 2.33 bits per heavy atom. The first-order valence-electron chi connectivity index (χ1n) is 22.2. The summed E-state index contributed by atoms with van der Waals surface area (Å²) in [6.45, 7) is 14.1. The highest BCUT2D eigenvalue weighted by Gasteiger charge is 2.46. The van der Waals surface area contributed by atoms with Gasteiger partial charge in [-0.3, -0.25) is 19.2 Å². The quantitative estimate of drug-likeness (QED) is 0.0707. The van der Waals surface area contributed by atoms with Crippen LogP contribution in [0.5, 0.6) is 0 Å². The van der Waals surface area contributed by atoms with Crippen molar-refractivity contribution in [3.8, 4) is 11.4 Å². The summed E-state index contributed by atoms with van der Waals surface area (Å²) in [5.41, 5.74) is 1.11. The monoisotopic (exact) mass is 925 g/mol. The largest absolute Gasteiger partial charge is 0.458 e. The summed E-state index contributed by atoms with van der Waals surface area (Å²) in [6.07, 6.45) is -0.954. The molecular formula is C48H56FN7O11. The molecular weight excluding hydrogens is 870 g/mol. The number of alkyl carbamates (subject to hydrolysis) is 2. The first-order chi connectivity index (χ1) is 31.5. The third-order valence-electron chi connectivity index (χ3n) is 12.4.